The summed E-state index contributed by atoms with van der Waals surface area (Å²) in [7, 11) is 0. The van der Waals surface area contributed by atoms with Crippen LogP contribution in [0.15, 0.2) is 24.3 Å². The number of rotatable bonds is 4. The monoisotopic (exact) mass is 276 g/mol. The minimum absolute atomic E-state index is 0.0855. The molecule has 1 aromatic heterocycles. The van der Waals surface area contributed by atoms with Gasteiger partial charge in [-0.25, -0.2) is 14.2 Å². The number of carboxylic acids is 1. The van der Waals surface area contributed by atoms with Crippen LogP contribution in [0.3, 0.4) is 0 Å². The van der Waals surface area contributed by atoms with Crippen molar-refractivity contribution in [3.8, 4) is 11.6 Å². The molecule has 104 valence electrons. The van der Waals surface area contributed by atoms with Crippen molar-refractivity contribution in [2.75, 3.05) is 0 Å². The Morgan fingerprint density at radius 3 is 2.80 bits per heavy atom. The molecule has 5 nitrogen and oxygen atoms in total. The molecule has 1 heterocycles. The van der Waals surface area contributed by atoms with Gasteiger partial charge in [0.25, 0.3) is 0 Å². The number of carbonyl (C=O) groups is 1. The van der Waals surface area contributed by atoms with E-state index in [-0.39, 0.29) is 11.6 Å². The molecular formula is C14H13FN2O3. The van der Waals surface area contributed by atoms with Crippen molar-refractivity contribution in [3.05, 3.63) is 47.2 Å². The summed E-state index contributed by atoms with van der Waals surface area (Å²) in [6.45, 7) is 3.63. The molecule has 0 aliphatic carbocycles. The number of halogens is 1. The molecule has 0 spiro atoms. The van der Waals surface area contributed by atoms with Crippen LogP contribution in [0.1, 0.15) is 28.8 Å². The van der Waals surface area contributed by atoms with Gasteiger partial charge in [-0.1, -0.05) is 13.0 Å². The van der Waals surface area contributed by atoms with Crippen molar-refractivity contribution in [1.82, 2.24) is 9.97 Å². The van der Waals surface area contributed by atoms with Crippen molar-refractivity contribution < 1.29 is 19.0 Å². The third kappa shape index (κ3) is 2.90. The van der Waals surface area contributed by atoms with Crippen LogP contribution in [-0.2, 0) is 6.42 Å². The fourth-order valence-electron chi connectivity index (χ4n) is 1.74. The maximum Gasteiger partial charge on any atom is 0.342 e. The Bertz CT molecular complexity index is 659. The number of aromatic nitrogens is 2. The molecule has 2 rings (SSSR count). The van der Waals surface area contributed by atoms with Gasteiger partial charge in [-0.05, 0) is 25.5 Å². The van der Waals surface area contributed by atoms with E-state index in [0.29, 0.717) is 12.2 Å². The van der Waals surface area contributed by atoms with Gasteiger partial charge in [0.05, 0.1) is 0 Å². The van der Waals surface area contributed by atoms with Gasteiger partial charge in [-0.2, -0.15) is 4.98 Å². The van der Waals surface area contributed by atoms with Gasteiger partial charge in [0, 0.05) is 11.8 Å². The first-order chi connectivity index (χ1) is 9.51. The Hall–Kier alpha value is -2.50. The summed E-state index contributed by atoms with van der Waals surface area (Å²) < 4.78 is 18.9. The lowest BCUT2D eigenvalue weighted by Gasteiger charge is -2.09. The van der Waals surface area contributed by atoms with Crippen LogP contribution in [0, 0.1) is 12.7 Å². The lowest BCUT2D eigenvalue weighted by molar-refractivity contribution is 0.0689. The van der Waals surface area contributed by atoms with Crippen LogP contribution in [-0.4, -0.2) is 21.0 Å². The molecule has 20 heavy (non-hydrogen) atoms. The predicted octanol–water partition coefficient (Wildman–Crippen LogP) is 2.98. The molecule has 2 aromatic rings. The summed E-state index contributed by atoms with van der Waals surface area (Å²) in [5.41, 5.74) is 0.252. The highest BCUT2D eigenvalue weighted by molar-refractivity contribution is 5.91. The quantitative estimate of drug-likeness (QED) is 0.929. The largest absolute Gasteiger partial charge is 0.477 e. The maximum atomic E-state index is 13.5. The number of benzene rings is 1. The summed E-state index contributed by atoms with van der Waals surface area (Å²) in [6.07, 6.45) is 0.689. The van der Waals surface area contributed by atoms with Crippen molar-refractivity contribution in [3.63, 3.8) is 0 Å². The van der Waals surface area contributed by atoms with Crippen LogP contribution in [0.5, 0.6) is 11.6 Å². The van der Waals surface area contributed by atoms with Crippen LogP contribution >= 0.6 is 0 Å². The molecule has 1 aromatic carbocycles. The van der Waals surface area contributed by atoms with E-state index in [1.54, 1.807) is 13.0 Å². The van der Waals surface area contributed by atoms with Gasteiger partial charge in [0.1, 0.15) is 23.0 Å². The highest BCUT2D eigenvalue weighted by Gasteiger charge is 2.18. The molecule has 6 heteroatoms. The molecule has 0 saturated carbocycles. The second-order valence-corrected chi connectivity index (χ2v) is 4.12. The maximum absolute atomic E-state index is 13.5. The topological polar surface area (TPSA) is 72.3 Å². The smallest absolute Gasteiger partial charge is 0.342 e. The number of aromatic carboxylic acids is 1. The number of nitrogens with zero attached hydrogens (tertiary/aromatic N) is 2. The van der Waals surface area contributed by atoms with Gasteiger partial charge in [0.15, 0.2) is 0 Å². The van der Waals surface area contributed by atoms with Crippen LogP contribution in [0.4, 0.5) is 4.39 Å². The van der Waals surface area contributed by atoms with Gasteiger partial charge in [-0.3, -0.25) is 0 Å². The molecule has 0 unspecified atom stereocenters. The number of aryl methyl sites for hydroxylation is 2. The molecule has 0 amide bonds. The molecule has 0 atom stereocenters. The zero-order valence-electron chi connectivity index (χ0n) is 11.1. The molecule has 1 N–H and O–H groups in total. The van der Waals surface area contributed by atoms with Crippen LogP contribution < -0.4 is 4.74 Å². The second-order valence-electron chi connectivity index (χ2n) is 4.12. The zero-order valence-corrected chi connectivity index (χ0v) is 11.1. The van der Waals surface area contributed by atoms with Gasteiger partial charge in [-0.15, -0.1) is 0 Å². The van der Waals surface area contributed by atoms with E-state index in [4.69, 9.17) is 9.84 Å². The first-order valence-corrected chi connectivity index (χ1v) is 6.05. The SMILES string of the molecule is CCc1cc(Oc2cccc(F)c2C(=O)O)nc(C)n1. The molecule has 0 aliphatic rings. The molecule has 0 radical (unpaired) electrons. The van der Waals surface area contributed by atoms with E-state index >= 15 is 0 Å². The van der Waals surface area contributed by atoms with Gasteiger partial charge >= 0.3 is 5.97 Å². The fraction of sp³-hybridized carbons (Fsp3) is 0.214. The lowest BCUT2D eigenvalue weighted by Crippen LogP contribution is -2.05. The lowest BCUT2D eigenvalue weighted by atomic mass is 10.2. The molecule has 0 aliphatic heterocycles. The molecule has 0 bridgehead atoms. The third-order valence-electron chi connectivity index (χ3n) is 2.63. The zero-order chi connectivity index (χ0) is 14.7. The highest BCUT2D eigenvalue weighted by Crippen LogP contribution is 2.26. The summed E-state index contributed by atoms with van der Waals surface area (Å²) in [5.74, 6) is -1.62. The van der Waals surface area contributed by atoms with Gasteiger partial charge in [0.2, 0.25) is 5.88 Å². The first kappa shape index (κ1) is 13.9. The fourth-order valence-corrected chi connectivity index (χ4v) is 1.74. The predicted molar refractivity (Wildman–Crippen MR) is 69.6 cm³/mol. The Kier molecular flexibility index (Phi) is 3.93. The standard InChI is InChI=1S/C14H13FN2O3/c1-3-9-7-12(17-8(2)16-9)20-11-6-4-5-10(15)13(11)14(18)19/h4-7H,3H2,1-2H3,(H,18,19). The second kappa shape index (κ2) is 5.64. The number of ether oxygens (including phenoxy) is 1. The Morgan fingerprint density at radius 2 is 2.15 bits per heavy atom. The number of carboxylic acid groups (broad SMARTS) is 1. The normalized spacial score (nSPS) is 10.3. The van der Waals surface area contributed by atoms with Gasteiger partial charge < -0.3 is 9.84 Å². The van der Waals surface area contributed by atoms with E-state index < -0.39 is 17.3 Å². The Morgan fingerprint density at radius 1 is 1.40 bits per heavy atom. The van der Waals surface area contributed by atoms with E-state index in [1.807, 2.05) is 6.92 Å². The first-order valence-electron chi connectivity index (χ1n) is 6.05. The summed E-state index contributed by atoms with van der Waals surface area (Å²) in [5, 5.41) is 9.03. The van der Waals surface area contributed by atoms with Crippen molar-refractivity contribution in [2.24, 2.45) is 0 Å². The van der Waals surface area contributed by atoms with Crippen molar-refractivity contribution >= 4 is 5.97 Å². The van der Waals surface area contributed by atoms with E-state index in [0.717, 1.165) is 11.8 Å². The number of hydrogen-bond acceptors (Lipinski definition) is 4. The summed E-state index contributed by atoms with van der Waals surface area (Å²) >= 11 is 0. The average molecular weight is 276 g/mol. The average Bonchev–Trinajstić information content (AvgIpc) is 2.37. The van der Waals surface area contributed by atoms with Crippen LogP contribution in [0.2, 0.25) is 0 Å². The Labute approximate surface area is 115 Å². The van der Waals surface area contributed by atoms with Crippen LogP contribution in [0.25, 0.3) is 0 Å². The van der Waals surface area contributed by atoms with Crippen molar-refractivity contribution in [1.29, 1.82) is 0 Å². The third-order valence-corrected chi connectivity index (χ3v) is 2.63. The van der Waals surface area contributed by atoms with E-state index in [9.17, 15) is 9.18 Å². The summed E-state index contributed by atoms with van der Waals surface area (Å²) in [6, 6.07) is 5.43. The van der Waals surface area contributed by atoms with E-state index in [1.165, 1.54) is 12.1 Å². The molecular weight excluding hydrogens is 263 g/mol. The van der Waals surface area contributed by atoms with Crippen molar-refractivity contribution in [2.45, 2.75) is 20.3 Å². The minimum Gasteiger partial charge on any atom is -0.477 e. The number of hydrogen-bond donors (Lipinski definition) is 1. The minimum atomic E-state index is -1.39. The van der Waals surface area contributed by atoms with E-state index in [2.05, 4.69) is 9.97 Å². The highest BCUT2D eigenvalue weighted by atomic mass is 19.1. The molecule has 0 saturated heterocycles. The summed E-state index contributed by atoms with van der Waals surface area (Å²) in [4.78, 5) is 19.3. The Balaban J connectivity index is 2.42. The molecule has 0 fully saturated rings.